The number of pyridine rings is 1. The maximum atomic E-state index is 13.4. The number of amides is 2. The van der Waals surface area contributed by atoms with Gasteiger partial charge in [0.25, 0.3) is 0 Å². The second-order valence-electron chi connectivity index (χ2n) is 12.9. The maximum absolute atomic E-state index is 13.4. The van der Waals surface area contributed by atoms with Gasteiger partial charge in [-0.25, -0.2) is 9.48 Å². The average molecular weight is 589 g/mol. The van der Waals surface area contributed by atoms with E-state index in [9.17, 15) is 9.90 Å². The zero-order chi connectivity index (χ0) is 30.9. The molecule has 0 bridgehead atoms. The maximum Gasteiger partial charge on any atom is 0.324 e. The molecule has 5 aromatic rings. The Bertz CT molecular complexity index is 1780. The van der Waals surface area contributed by atoms with E-state index in [1.165, 1.54) is 0 Å². The summed E-state index contributed by atoms with van der Waals surface area (Å²) in [5.41, 5.74) is 5.71. The molecule has 4 N–H and O–H groups in total. The molecule has 1 aliphatic heterocycles. The number of aromatic nitrogens is 3. The Morgan fingerprint density at radius 1 is 0.955 bits per heavy atom. The third-order valence-electron chi connectivity index (χ3n) is 8.36. The first-order chi connectivity index (χ1) is 21.1. The monoisotopic (exact) mass is 588 g/mol. The third-order valence-corrected chi connectivity index (χ3v) is 8.36. The first-order valence-electron chi connectivity index (χ1n) is 15.2. The molecule has 6 rings (SSSR count). The van der Waals surface area contributed by atoms with Crippen molar-refractivity contribution >= 4 is 28.3 Å². The predicted octanol–water partition coefficient (Wildman–Crippen LogP) is 6.99. The molecule has 0 saturated carbocycles. The normalized spacial score (nSPS) is 14.8. The number of rotatable bonds is 6. The molecule has 0 aliphatic carbocycles. The molecule has 44 heavy (non-hydrogen) atoms. The summed E-state index contributed by atoms with van der Waals surface area (Å²) < 4.78 is 1.72. The average Bonchev–Trinajstić information content (AvgIpc) is 3.43. The van der Waals surface area contributed by atoms with Crippen LogP contribution in [0.2, 0.25) is 0 Å². The molecule has 3 aromatic carbocycles. The second kappa shape index (κ2) is 11.9. The number of carbonyl (C=O) groups excluding carboxylic acids is 1. The molecule has 2 aromatic heterocycles. The largest absolute Gasteiger partial charge is 0.389 e. The third kappa shape index (κ3) is 6.37. The number of carbonyl (C=O) groups is 1. The smallest absolute Gasteiger partial charge is 0.324 e. The minimum absolute atomic E-state index is 0.201. The zero-order valence-corrected chi connectivity index (χ0v) is 25.8. The van der Waals surface area contributed by atoms with Crippen LogP contribution in [0.3, 0.4) is 0 Å². The van der Waals surface area contributed by atoms with E-state index in [2.05, 4.69) is 72.0 Å². The summed E-state index contributed by atoms with van der Waals surface area (Å²) in [6, 6.07) is 26.0. The van der Waals surface area contributed by atoms with E-state index in [-0.39, 0.29) is 11.4 Å². The Hall–Kier alpha value is -4.53. The summed E-state index contributed by atoms with van der Waals surface area (Å²) in [6.45, 7) is 9.92. The number of urea groups is 1. The lowest BCUT2D eigenvalue weighted by atomic mass is 9.85. The Labute approximate surface area is 258 Å². The minimum atomic E-state index is -0.642. The van der Waals surface area contributed by atoms with Crippen LogP contribution in [-0.2, 0) is 11.8 Å². The fraction of sp³-hybridized carbons (Fsp3) is 0.306. The van der Waals surface area contributed by atoms with Crippen LogP contribution >= 0.6 is 0 Å². The number of fused-ring (bicyclic) bond motifs is 1. The molecule has 0 radical (unpaired) electrons. The number of aryl methyl sites for hydroxylation is 1. The molecule has 1 fully saturated rings. The van der Waals surface area contributed by atoms with Crippen LogP contribution in [0.4, 0.5) is 16.3 Å². The van der Waals surface area contributed by atoms with Gasteiger partial charge in [-0.05, 0) is 73.1 Å². The number of anilines is 2. The highest BCUT2D eigenvalue weighted by atomic mass is 16.3. The SMILES string of the molecule is Cc1ccc(-n2nc(C(C)(C)C)cc2NC(=O)Nc2ccc(-c3ccc(CC4(O)CCNCC4)cc3)c3ccccc23)cn1. The van der Waals surface area contributed by atoms with Crippen LogP contribution in [0.25, 0.3) is 27.6 Å². The van der Waals surface area contributed by atoms with Gasteiger partial charge in [0.2, 0.25) is 0 Å². The number of aliphatic hydroxyl groups is 1. The van der Waals surface area contributed by atoms with E-state index >= 15 is 0 Å². The van der Waals surface area contributed by atoms with E-state index in [0.29, 0.717) is 17.9 Å². The van der Waals surface area contributed by atoms with Gasteiger partial charge in [-0.3, -0.25) is 10.3 Å². The zero-order valence-electron chi connectivity index (χ0n) is 25.8. The first kappa shape index (κ1) is 29.5. The molecule has 1 saturated heterocycles. The number of hydrogen-bond acceptors (Lipinski definition) is 5. The van der Waals surface area contributed by atoms with Gasteiger partial charge in [-0.15, -0.1) is 0 Å². The number of nitrogens with one attached hydrogen (secondary N) is 3. The van der Waals surface area contributed by atoms with Crippen molar-refractivity contribution < 1.29 is 9.90 Å². The van der Waals surface area contributed by atoms with Crippen molar-refractivity contribution in [2.75, 3.05) is 23.7 Å². The van der Waals surface area contributed by atoms with Crippen LogP contribution < -0.4 is 16.0 Å². The lowest BCUT2D eigenvalue weighted by molar-refractivity contribution is 0.0109. The first-order valence-corrected chi connectivity index (χ1v) is 15.2. The highest BCUT2D eigenvalue weighted by Crippen LogP contribution is 2.34. The molecular weight excluding hydrogens is 548 g/mol. The van der Waals surface area contributed by atoms with Gasteiger partial charge in [0.15, 0.2) is 0 Å². The van der Waals surface area contributed by atoms with Crippen molar-refractivity contribution in [2.24, 2.45) is 0 Å². The van der Waals surface area contributed by atoms with E-state index in [1.807, 2.05) is 55.5 Å². The predicted molar refractivity (Wildman–Crippen MR) is 178 cm³/mol. The molecular formula is C36H40N6O2. The molecule has 8 heteroatoms. The fourth-order valence-corrected chi connectivity index (χ4v) is 5.80. The summed E-state index contributed by atoms with van der Waals surface area (Å²) >= 11 is 0. The van der Waals surface area contributed by atoms with Gasteiger partial charge in [0, 0.05) is 29.0 Å². The molecule has 2 amide bonds. The van der Waals surface area contributed by atoms with Crippen molar-refractivity contribution in [1.29, 1.82) is 0 Å². The highest BCUT2D eigenvalue weighted by molar-refractivity contribution is 6.09. The van der Waals surface area contributed by atoms with Crippen molar-refractivity contribution in [3.8, 4) is 16.8 Å². The van der Waals surface area contributed by atoms with Crippen molar-refractivity contribution in [3.63, 3.8) is 0 Å². The molecule has 226 valence electrons. The summed E-state index contributed by atoms with van der Waals surface area (Å²) in [4.78, 5) is 17.8. The van der Waals surface area contributed by atoms with Crippen LogP contribution in [0.1, 0.15) is 50.6 Å². The summed E-state index contributed by atoms with van der Waals surface area (Å²) in [7, 11) is 0. The number of piperidine rings is 1. The van der Waals surface area contributed by atoms with Gasteiger partial charge in [-0.1, -0.05) is 75.4 Å². The quantitative estimate of drug-likeness (QED) is 0.171. The van der Waals surface area contributed by atoms with Gasteiger partial charge >= 0.3 is 6.03 Å². The van der Waals surface area contributed by atoms with Gasteiger partial charge in [0.1, 0.15) is 5.82 Å². The molecule has 0 atom stereocenters. The van der Waals surface area contributed by atoms with Crippen molar-refractivity contribution in [2.45, 2.75) is 58.0 Å². The van der Waals surface area contributed by atoms with Crippen molar-refractivity contribution in [1.82, 2.24) is 20.1 Å². The number of benzene rings is 3. The van der Waals surface area contributed by atoms with E-state index in [1.54, 1.807) is 10.9 Å². The molecule has 3 heterocycles. The van der Waals surface area contributed by atoms with Crippen LogP contribution in [0.5, 0.6) is 0 Å². The lowest BCUT2D eigenvalue weighted by Gasteiger charge is -2.32. The Morgan fingerprint density at radius 2 is 1.68 bits per heavy atom. The highest BCUT2D eigenvalue weighted by Gasteiger charge is 2.29. The standard InChI is InChI=1S/C36H40N6O2/c1-24-9-14-27(23-38-24)42-33(21-32(41-42)35(2,3)4)40-34(43)39-31-16-15-28(29-7-5-6-8-30(29)31)26-12-10-25(11-13-26)22-36(44)17-19-37-20-18-36/h5-16,21,23,37,44H,17-20,22H2,1-4H3,(H2,39,40,43). The molecule has 8 nitrogen and oxygen atoms in total. The topological polar surface area (TPSA) is 104 Å². The lowest BCUT2D eigenvalue weighted by Crippen LogP contribution is -2.43. The second-order valence-corrected chi connectivity index (χ2v) is 12.9. The number of hydrogen-bond donors (Lipinski definition) is 4. The molecule has 1 aliphatic rings. The minimum Gasteiger partial charge on any atom is -0.389 e. The van der Waals surface area contributed by atoms with Crippen molar-refractivity contribution in [3.05, 3.63) is 102 Å². The summed E-state index contributed by atoms with van der Waals surface area (Å²) in [5, 5.41) is 27.2. The van der Waals surface area contributed by atoms with Gasteiger partial charge in [-0.2, -0.15) is 5.10 Å². The van der Waals surface area contributed by atoms with E-state index in [0.717, 1.165) is 70.5 Å². The van der Waals surface area contributed by atoms with Gasteiger partial charge in [0.05, 0.1) is 28.9 Å². The van der Waals surface area contributed by atoms with E-state index < -0.39 is 5.60 Å². The molecule has 0 unspecified atom stereocenters. The number of nitrogens with zero attached hydrogens (tertiary/aromatic N) is 3. The van der Waals surface area contributed by atoms with Crippen LogP contribution in [-0.4, -0.2) is 44.6 Å². The Balaban J connectivity index is 1.24. The summed E-state index contributed by atoms with van der Waals surface area (Å²) in [6.07, 6.45) is 3.95. The van der Waals surface area contributed by atoms with Gasteiger partial charge < -0.3 is 15.7 Å². The van der Waals surface area contributed by atoms with Crippen LogP contribution in [0.15, 0.2) is 85.1 Å². The Morgan fingerprint density at radius 3 is 2.36 bits per heavy atom. The Kier molecular flexibility index (Phi) is 7.97. The van der Waals surface area contributed by atoms with E-state index in [4.69, 9.17) is 5.10 Å². The molecule has 0 spiro atoms. The summed E-state index contributed by atoms with van der Waals surface area (Å²) in [5.74, 6) is 0.563. The van der Waals surface area contributed by atoms with Crippen LogP contribution in [0, 0.1) is 6.92 Å². The fourth-order valence-electron chi connectivity index (χ4n) is 5.80.